The SMILES string of the molecule is COC(=O)c1ccc(C=CC(=O)c2ccc(-c3ccccc3)cc2)cc1. The summed E-state index contributed by atoms with van der Waals surface area (Å²) in [4.78, 5) is 23.7. The maximum absolute atomic E-state index is 12.3. The third-order valence-electron chi connectivity index (χ3n) is 4.04. The monoisotopic (exact) mass is 342 g/mol. The fraction of sp³-hybridized carbons (Fsp3) is 0.0435. The Morgan fingerprint density at radius 2 is 1.31 bits per heavy atom. The van der Waals surface area contributed by atoms with E-state index < -0.39 is 0 Å². The molecule has 0 unspecified atom stereocenters. The van der Waals surface area contributed by atoms with Crippen molar-refractivity contribution in [2.45, 2.75) is 0 Å². The lowest BCUT2D eigenvalue weighted by Gasteiger charge is -2.02. The lowest BCUT2D eigenvalue weighted by Crippen LogP contribution is -2.00. The van der Waals surface area contributed by atoms with Gasteiger partial charge in [-0.1, -0.05) is 72.8 Å². The Morgan fingerprint density at radius 1 is 0.731 bits per heavy atom. The zero-order chi connectivity index (χ0) is 18.4. The summed E-state index contributed by atoms with van der Waals surface area (Å²) in [5.41, 5.74) is 4.14. The lowest BCUT2D eigenvalue weighted by molar-refractivity contribution is 0.0600. The van der Waals surface area contributed by atoms with E-state index in [9.17, 15) is 9.59 Å². The van der Waals surface area contributed by atoms with Crippen LogP contribution in [0.5, 0.6) is 0 Å². The normalized spacial score (nSPS) is 10.7. The highest BCUT2D eigenvalue weighted by Crippen LogP contribution is 2.19. The average molecular weight is 342 g/mol. The molecule has 0 heterocycles. The minimum Gasteiger partial charge on any atom is -0.465 e. The highest BCUT2D eigenvalue weighted by Gasteiger charge is 2.05. The Morgan fingerprint density at radius 3 is 1.92 bits per heavy atom. The van der Waals surface area contributed by atoms with E-state index in [1.54, 1.807) is 30.3 Å². The predicted octanol–water partition coefficient (Wildman–Crippen LogP) is 5.04. The second-order valence-electron chi connectivity index (χ2n) is 5.75. The largest absolute Gasteiger partial charge is 0.465 e. The van der Waals surface area contributed by atoms with Crippen LogP contribution in [0.3, 0.4) is 0 Å². The van der Waals surface area contributed by atoms with Crippen molar-refractivity contribution in [3.8, 4) is 11.1 Å². The van der Waals surface area contributed by atoms with Crippen LogP contribution in [0.1, 0.15) is 26.3 Å². The van der Waals surface area contributed by atoms with Gasteiger partial charge in [0.05, 0.1) is 12.7 Å². The molecule has 128 valence electrons. The summed E-state index contributed by atoms with van der Waals surface area (Å²) in [5, 5.41) is 0. The fourth-order valence-electron chi connectivity index (χ4n) is 2.57. The van der Waals surface area contributed by atoms with Gasteiger partial charge in [-0.15, -0.1) is 0 Å². The summed E-state index contributed by atoms with van der Waals surface area (Å²) in [6, 6.07) is 24.5. The molecule has 3 nitrogen and oxygen atoms in total. The van der Waals surface area contributed by atoms with E-state index in [0.29, 0.717) is 11.1 Å². The number of methoxy groups -OCH3 is 1. The van der Waals surface area contributed by atoms with Crippen molar-refractivity contribution in [3.05, 3.63) is 102 Å². The van der Waals surface area contributed by atoms with Gasteiger partial charge in [0, 0.05) is 5.56 Å². The Kier molecular flexibility index (Phi) is 5.40. The molecular weight excluding hydrogens is 324 g/mol. The Labute approximate surface area is 152 Å². The zero-order valence-electron chi connectivity index (χ0n) is 14.4. The van der Waals surface area contributed by atoms with E-state index in [-0.39, 0.29) is 11.8 Å². The van der Waals surface area contributed by atoms with E-state index in [2.05, 4.69) is 4.74 Å². The van der Waals surface area contributed by atoms with Crippen molar-refractivity contribution in [1.82, 2.24) is 0 Å². The van der Waals surface area contributed by atoms with Crippen LogP contribution < -0.4 is 0 Å². The van der Waals surface area contributed by atoms with Gasteiger partial charge >= 0.3 is 5.97 Å². The molecule has 0 saturated heterocycles. The van der Waals surface area contributed by atoms with Crippen molar-refractivity contribution in [2.24, 2.45) is 0 Å². The van der Waals surface area contributed by atoms with Crippen LogP contribution in [0.4, 0.5) is 0 Å². The van der Waals surface area contributed by atoms with Gasteiger partial charge in [-0.2, -0.15) is 0 Å². The predicted molar refractivity (Wildman–Crippen MR) is 103 cm³/mol. The number of carbonyl (C=O) groups is 2. The third-order valence-corrected chi connectivity index (χ3v) is 4.04. The van der Waals surface area contributed by atoms with Gasteiger partial charge in [-0.3, -0.25) is 4.79 Å². The summed E-state index contributed by atoms with van der Waals surface area (Å²) in [6.45, 7) is 0. The molecule has 0 aliphatic rings. The lowest BCUT2D eigenvalue weighted by atomic mass is 10.0. The smallest absolute Gasteiger partial charge is 0.337 e. The van der Waals surface area contributed by atoms with Gasteiger partial charge in [-0.25, -0.2) is 4.79 Å². The molecule has 0 aliphatic heterocycles. The molecule has 3 aromatic rings. The van der Waals surface area contributed by atoms with Crippen LogP contribution in [-0.4, -0.2) is 18.9 Å². The molecule has 0 atom stereocenters. The molecule has 26 heavy (non-hydrogen) atoms. The van der Waals surface area contributed by atoms with E-state index in [1.807, 2.05) is 54.6 Å². The molecule has 0 spiro atoms. The van der Waals surface area contributed by atoms with Crippen LogP contribution >= 0.6 is 0 Å². The fourth-order valence-corrected chi connectivity index (χ4v) is 2.57. The zero-order valence-corrected chi connectivity index (χ0v) is 14.4. The highest BCUT2D eigenvalue weighted by molar-refractivity contribution is 6.07. The first-order valence-corrected chi connectivity index (χ1v) is 8.23. The van der Waals surface area contributed by atoms with Gasteiger partial charge < -0.3 is 4.74 Å². The maximum Gasteiger partial charge on any atom is 0.337 e. The molecule has 0 fully saturated rings. The average Bonchev–Trinajstić information content (AvgIpc) is 2.72. The Balaban J connectivity index is 1.69. The van der Waals surface area contributed by atoms with E-state index in [1.165, 1.54) is 13.2 Å². The molecule has 3 rings (SSSR count). The standard InChI is InChI=1S/C23H18O3/c1-26-23(25)21-10-7-17(8-11-21)9-16-22(24)20-14-12-19(13-15-20)18-5-3-2-4-6-18/h2-16H,1H3. The number of ketones is 1. The van der Waals surface area contributed by atoms with Crippen molar-refractivity contribution in [2.75, 3.05) is 7.11 Å². The van der Waals surface area contributed by atoms with Crippen molar-refractivity contribution in [3.63, 3.8) is 0 Å². The number of benzene rings is 3. The topological polar surface area (TPSA) is 43.4 Å². The van der Waals surface area contributed by atoms with Gasteiger partial charge in [0.1, 0.15) is 0 Å². The van der Waals surface area contributed by atoms with Crippen LogP contribution in [0.15, 0.2) is 84.9 Å². The summed E-state index contributed by atoms with van der Waals surface area (Å²) in [6.07, 6.45) is 3.26. The quantitative estimate of drug-likeness (QED) is 0.371. The Bertz CT molecular complexity index is 921. The van der Waals surface area contributed by atoms with E-state index in [4.69, 9.17) is 0 Å². The molecule has 0 bridgehead atoms. The number of hydrogen-bond acceptors (Lipinski definition) is 3. The van der Waals surface area contributed by atoms with E-state index in [0.717, 1.165) is 16.7 Å². The number of hydrogen-bond donors (Lipinski definition) is 0. The number of esters is 1. The van der Waals surface area contributed by atoms with Gasteiger partial charge in [0.2, 0.25) is 0 Å². The number of allylic oxidation sites excluding steroid dienone is 1. The van der Waals surface area contributed by atoms with Crippen LogP contribution in [-0.2, 0) is 4.74 Å². The van der Waals surface area contributed by atoms with Crippen LogP contribution in [0.25, 0.3) is 17.2 Å². The second kappa shape index (κ2) is 8.08. The summed E-state index contributed by atoms with van der Waals surface area (Å²) in [5.74, 6) is -0.447. The van der Waals surface area contributed by atoms with E-state index >= 15 is 0 Å². The minimum absolute atomic E-state index is 0.0679. The van der Waals surface area contributed by atoms with Gasteiger partial charge in [0.25, 0.3) is 0 Å². The second-order valence-corrected chi connectivity index (χ2v) is 5.75. The van der Waals surface area contributed by atoms with Gasteiger partial charge in [0.15, 0.2) is 5.78 Å². The molecule has 0 amide bonds. The first-order chi connectivity index (χ1) is 12.7. The number of ether oxygens (including phenoxy) is 1. The first-order valence-electron chi connectivity index (χ1n) is 8.23. The first kappa shape index (κ1) is 17.4. The molecule has 0 saturated carbocycles. The minimum atomic E-state index is -0.380. The van der Waals surface area contributed by atoms with Crippen molar-refractivity contribution >= 4 is 17.8 Å². The molecule has 0 aliphatic carbocycles. The molecule has 0 radical (unpaired) electrons. The van der Waals surface area contributed by atoms with Gasteiger partial charge in [-0.05, 0) is 34.9 Å². The number of carbonyl (C=O) groups excluding carboxylic acids is 2. The maximum atomic E-state index is 12.3. The molecule has 3 heteroatoms. The van der Waals surface area contributed by atoms with Crippen LogP contribution in [0, 0.1) is 0 Å². The molecule has 0 aromatic heterocycles. The third kappa shape index (κ3) is 4.14. The highest BCUT2D eigenvalue weighted by atomic mass is 16.5. The Hall–Kier alpha value is -3.46. The molecular formula is C23H18O3. The summed E-state index contributed by atoms with van der Waals surface area (Å²) in [7, 11) is 1.35. The van der Waals surface area contributed by atoms with Crippen molar-refractivity contribution < 1.29 is 14.3 Å². The van der Waals surface area contributed by atoms with Crippen molar-refractivity contribution in [1.29, 1.82) is 0 Å². The summed E-state index contributed by atoms with van der Waals surface area (Å²) < 4.78 is 4.66. The summed E-state index contributed by atoms with van der Waals surface area (Å²) >= 11 is 0. The molecule has 0 N–H and O–H groups in total. The van der Waals surface area contributed by atoms with Crippen LogP contribution in [0.2, 0.25) is 0 Å². The number of rotatable bonds is 5. The molecule has 3 aromatic carbocycles.